The number of hydrogen-bond acceptors (Lipinski definition) is 2. The Morgan fingerprint density at radius 2 is 2.05 bits per heavy atom. The molecule has 21 heavy (non-hydrogen) atoms. The van der Waals surface area contributed by atoms with Gasteiger partial charge in [0.25, 0.3) is 0 Å². The summed E-state index contributed by atoms with van der Waals surface area (Å²) in [5.41, 5.74) is 0.881. The van der Waals surface area contributed by atoms with Crippen molar-refractivity contribution in [2.45, 2.75) is 31.3 Å². The van der Waals surface area contributed by atoms with Crippen molar-refractivity contribution in [1.82, 2.24) is 10.2 Å². The van der Waals surface area contributed by atoms with Crippen molar-refractivity contribution in [1.29, 1.82) is 0 Å². The van der Waals surface area contributed by atoms with Crippen molar-refractivity contribution >= 4 is 12.0 Å². The lowest BCUT2D eigenvalue weighted by Crippen LogP contribution is -2.49. The van der Waals surface area contributed by atoms with Crippen LogP contribution < -0.4 is 5.32 Å². The van der Waals surface area contributed by atoms with Crippen LogP contribution >= 0.6 is 0 Å². The molecule has 1 atom stereocenters. The normalized spacial score (nSPS) is 15.0. The molecule has 0 aliphatic heterocycles. The number of urea groups is 1. The zero-order valence-corrected chi connectivity index (χ0v) is 11.9. The molecule has 1 aromatic rings. The number of nitrogens with zero attached hydrogens (tertiary/aromatic N) is 1. The molecule has 0 bridgehead atoms. The molecule has 2 rings (SSSR count). The third kappa shape index (κ3) is 4.34. The molecular formula is C16H20N2O3. The molecule has 1 saturated carbocycles. The Kier molecular flexibility index (Phi) is 4.98. The maximum atomic E-state index is 12.2. The zero-order chi connectivity index (χ0) is 15.2. The number of amides is 2. The minimum absolute atomic E-state index is 0.217. The summed E-state index contributed by atoms with van der Waals surface area (Å²) in [5.74, 6) is -1.03. The molecule has 2 N–H and O–H groups in total. The molecule has 0 spiro atoms. The van der Waals surface area contributed by atoms with Gasteiger partial charge in [0.1, 0.15) is 6.04 Å². The second kappa shape index (κ2) is 6.92. The van der Waals surface area contributed by atoms with Crippen LogP contribution in [0, 0.1) is 0 Å². The van der Waals surface area contributed by atoms with Gasteiger partial charge in [-0.1, -0.05) is 36.4 Å². The molecule has 0 radical (unpaired) electrons. The van der Waals surface area contributed by atoms with Gasteiger partial charge in [0.05, 0.1) is 0 Å². The number of carbonyl (C=O) groups is 2. The highest BCUT2D eigenvalue weighted by atomic mass is 16.4. The van der Waals surface area contributed by atoms with Gasteiger partial charge in [-0.3, -0.25) is 0 Å². The Bertz CT molecular complexity index is 512. The van der Waals surface area contributed by atoms with Crippen molar-refractivity contribution in [3.05, 3.63) is 48.6 Å². The van der Waals surface area contributed by atoms with Gasteiger partial charge in [-0.15, -0.1) is 6.58 Å². The molecule has 5 heteroatoms. The maximum Gasteiger partial charge on any atom is 0.326 e. The Morgan fingerprint density at radius 3 is 2.57 bits per heavy atom. The number of carboxylic acid groups (broad SMARTS) is 1. The fraction of sp³-hybridized carbons (Fsp3) is 0.375. The van der Waals surface area contributed by atoms with E-state index in [1.807, 2.05) is 30.3 Å². The quantitative estimate of drug-likeness (QED) is 0.754. The largest absolute Gasteiger partial charge is 0.480 e. The van der Waals surface area contributed by atoms with Gasteiger partial charge in [-0.25, -0.2) is 9.59 Å². The van der Waals surface area contributed by atoms with E-state index in [0.717, 1.165) is 18.4 Å². The van der Waals surface area contributed by atoms with Crippen LogP contribution in [0.5, 0.6) is 0 Å². The first kappa shape index (κ1) is 15.1. The van der Waals surface area contributed by atoms with Crippen LogP contribution in [0.2, 0.25) is 0 Å². The lowest BCUT2D eigenvalue weighted by atomic mass is 10.1. The molecule has 1 aliphatic rings. The van der Waals surface area contributed by atoms with E-state index in [1.165, 1.54) is 0 Å². The maximum absolute atomic E-state index is 12.2. The van der Waals surface area contributed by atoms with Crippen molar-refractivity contribution < 1.29 is 14.7 Å². The Labute approximate surface area is 124 Å². The van der Waals surface area contributed by atoms with Crippen molar-refractivity contribution in [2.75, 3.05) is 6.54 Å². The first-order chi connectivity index (χ1) is 10.1. The number of carbonyl (C=O) groups excluding carboxylic acids is 1. The van der Waals surface area contributed by atoms with Gasteiger partial charge < -0.3 is 15.3 Å². The topological polar surface area (TPSA) is 69.6 Å². The number of nitrogens with one attached hydrogen (secondary N) is 1. The van der Waals surface area contributed by atoms with Crippen LogP contribution in [0.15, 0.2) is 43.0 Å². The van der Waals surface area contributed by atoms with E-state index in [4.69, 9.17) is 0 Å². The summed E-state index contributed by atoms with van der Waals surface area (Å²) in [7, 11) is 0. The van der Waals surface area contributed by atoms with Crippen molar-refractivity contribution in [3.63, 3.8) is 0 Å². The van der Waals surface area contributed by atoms with Gasteiger partial charge in [-0.05, 0) is 18.4 Å². The molecule has 5 nitrogen and oxygen atoms in total. The van der Waals surface area contributed by atoms with E-state index in [1.54, 1.807) is 11.0 Å². The number of benzene rings is 1. The molecule has 112 valence electrons. The summed E-state index contributed by atoms with van der Waals surface area (Å²) in [4.78, 5) is 25.2. The molecule has 0 unspecified atom stereocenters. The second-order valence-electron chi connectivity index (χ2n) is 5.20. The number of carboxylic acids is 1. The third-order valence-corrected chi connectivity index (χ3v) is 3.45. The standard InChI is InChI=1S/C16H20N2O3/c1-2-10-18(13-8-9-13)16(21)17-14(15(19)20)11-12-6-4-3-5-7-12/h2-7,13-14H,1,8-11H2,(H,17,21)(H,19,20)/t14-/m1/s1. The Balaban J connectivity index is 2.00. The summed E-state index contributed by atoms with van der Waals surface area (Å²) in [5, 5.41) is 11.9. The van der Waals surface area contributed by atoms with Gasteiger partial charge in [-0.2, -0.15) is 0 Å². The monoisotopic (exact) mass is 288 g/mol. The van der Waals surface area contributed by atoms with Crippen LogP contribution in [-0.4, -0.2) is 40.6 Å². The second-order valence-corrected chi connectivity index (χ2v) is 5.20. The van der Waals surface area contributed by atoms with Gasteiger partial charge in [0.15, 0.2) is 0 Å². The molecule has 1 fully saturated rings. The molecule has 1 aromatic carbocycles. The molecule has 0 saturated heterocycles. The fourth-order valence-corrected chi connectivity index (χ4v) is 2.20. The summed E-state index contributed by atoms with van der Waals surface area (Å²) >= 11 is 0. The van der Waals surface area contributed by atoms with Crippen LogP contribution in [-0.2, 0) is 11.2 Å². The van der Waals surface area contributed by atoms with Gasteiger partial charge in [0.2, 0.25) is 0 Å². The smallest absolute Gasteiger partial charge is 0.326 e. The fourth-order valence-electron chi connectivity index (χ4n) is 2.20. The van der Waals surface area contributed by atoms with Crippen LogP contribution in [0.1, 0.15) is 18.4 Å². The average Bonchev–Trinajstić information content (AvgIpc) is 3.29. The Hall–Kier alpha value is -2.30. The molecular weight excluding hydrogens is 268 g/mol. The lowest BCUT2D eigenvalue weighted by Gasteiger charge is -2.24. The van der Waals surface area contributed by atoms with Crippen molar-refractivity contribution in [2.24, 2.45) is 0 Å². The predicted octanol–water partition coefficient (Wildman–Crippen LogP) is 2.04. The highest BCUT2D eigenvalue weighted by molar-refractivity contribution is 5.83. The Morgan fingerprint density at radius 1 is 1.38 bits per heavy atom. The van der Waals surface area contributed by atoms with E-state index < -0.39 is 12.0 Å². The van der Waals surface area contributed by atoms with E-state index >= 15 is 0 Å². The van der Waals surface area contributed by atoms with Crippen molar-refractivity contribution in [3.8, 4) is 0 Å². The minimum atomic E-state index is -1.03. The van der Waals surface area contributed by atoms with Gasteiger partial charge in [0, 0.05) is 19.0 Å². The summed E-state index contributed by atoms with van der Waals surface area (Å²) < 4.78 is 0. The first-order valence-electron chi connectivity index (χ1n) is 7.06. The van der Waals surface area contributed by atoms with E-state index in [-0.39, 0.29) is 18.5 Å². The van der Waals surface area contributed by atoms with Gasteiger partial charge >= 0.3 is 12.0 Å². The SMILES string of the molecule is C=CCN(C(=O)N[C@H](Cc1ccccc1)C(=O)O)C1CC1. The van der Waals surface area contributed by atoms with E-state index in [2.05, 4.69) is 11.9 Å². The zero-order valence-electron chi connectivity index (χ0n) is 11.9. The number of hydrogen-bond donors (Lipinski definition) is 2. The number of rotatable bonds is 7. The van der Waals surface area contributed by atoms with E-state index in [0.29, 0.717) is 6.54 Å². The minimum Gasteiger partial charge on any atom is -0.480 e. The van der Waals surface area contributed by atoms with Crippen LogP contribution in [0.25, 0.3) is 0 Å². The highest BCUT2D eigenvalue weighted by Gasteiger charge is 2.33. The van der Waals surface area contributed by atoms with Crippen LogP contribution in [0.4, 0.5) is 4.79 Å². The lowest BCUT2D eigenvalue weighted by molar-refractivity contribution is -0.139. The summed E-state index contributed by atoms with van der Waals surface area (Å²) in [6.45, 7) is 4.08. The molecule has 2 amide bonds. The first-order valence-corrected chi connectivity index (χ1v) is 7.06. The molecule has 0 aromatic heterocycles. The number of aliphatic carboxylic acids is 1. The molecule has 1 aliphatic carbocycles. The summed E-state index contributed by atoms with van der Waals surface area (Å²) in [6.07, 6.45) is 3.87. The third-order valence-electron chi connectivity index (χ3n) is 3.45. The highest BCUT2D eigenvalue weighted by Crippen LogP contribution is 2.26. The molecule has 0 heterocycles. The predicted molar refractivity (Wildman–Crippen MR) is 80.0 cm³/mol. The summed E-state index contributed by atoms with van der Waals surface area (Å²) in [6, 6.07) is 8.24. The van der Waals surface area contributed by atoms with Crippen LogP contribution in [0.3, 0.4) is 0 Å². The van der Waals surface area contributed by atoms with E-state index in [9.17, 15) is 14.7 Å². The average molecular weight is 288 g/mol.